The van der Waals surface area contributed by atoms with E-state index in [0.717, 1.165) is 38.9 Å². The summed E-state index contributed by atoms with van der Waals surface area (Å²) < 4.78 is 0. The predicted octanol–water partition coefficient (Wildman–Crippen LogP) is 2.96. The molecule has 0 spiro atoms. The molecule has 0 radical (unpaired) electrons. The molecule has 0 aromatic rings. The Balaban J connectivity index is 1.58. The molecule has 2 saturated heterocycles. The van der Waals surface area contributed by atoms with Crippen molar-refractivity contribution in [1.82, 2.24) is 9.80 Å². The molecule has 1 saturated carbocycles. The first-order chi connectivity index (χ1) is 10.9. The average molecular weight is 335 g/mol. The quantitative estimate of drug-likeness (QED) is 0.779. The van der Waals surface area contributed by atoms with Gasteiger partial charge in [0.15, 0.2) is 0 Å². The minimum absolute atomic E-state index is 0.155. The summed E-state index contributed by atoms with van der Waals surface area (Å²) in [4.78, 5) is 30.2. The summed E-state index contributed by atoms with van der Waals surface area (Å²) >= 11 is 0. The minimum atomic E-state index is -0.300. The van der Waals surface area contributed by atoms with Crippen molar-refractivity contribution in [2.24, 2.45) is 22.7 Å². The van der Waals surface area contributed by atoms with Crippen LogP contribution in [0.3, 0.4) is 0 Å². The smallest absolute Gasteiger partial charge is 0.225 e. The fourth-order valence-corrected chi connectivity index (χ4v) is 4.80. The lowest BCUT2D eigenvalue weighted by Crippen LogP contribution is -2.49. The number of likely N-dealkylation sites (tertiary alicyclic amines) is 2. The molecule has 1 aliphatic carbocycles. The van der Waals surface area contributed by atoms with Crippen molar-refractivity contribution in [3.05, 3.63) is 0 Å². The molecule has 0 aromatic heterocycles. The Morgan fingerprint density at radius 3 is 2.08 bits per heavy atom. The van der Waals surface area contributed by atoms with Crippen LogP contribution >= 0.6 is 0 Å². The fourth-order valence-electron chi connectivity index (χ4n) is 4.80. The van der Waals surface area contributed by atoms with Crippen LogP contribution in [0, 0.1) is 22.7 Å². The Labute approximate surface area is 146 Å². The van der Waals surface area contributed by atoms with Crippen molar-refractivity contribution in [1.29, 1.82) is 0 Å². The zero-order chi connectivity index (χ0) is 17.9. The average Bonchev–Trinajstić information content (AvgIpc) is 3.06. The fraction of sp³-hybridized carbons (Fsp3) is 0.900. The van der Waals surface area contributed by atoms with Crippen molar-refractivity contribution >= 4 is 11.7 Å². The second kappa shape index (κ2) is 5.55. The summed E-state index contributed by atoms with van der Waals surface area (Å²) in [7, 11) is 0. The summed E-state index contributed by atoms with van der Waals surface area (Å²) in [5, 5.41) is 0. The Hall–Kier alpha value is -0.900. The zero-order valence-corrected chi connectivity index (χ0v) is 16.3. The van der Waals surface area contributed by atoms with Gasteiger partial charge in [-0.25, -0.2) is 0 Å². The molecular weight excluding hydrogens is 300 g/mol. The van der Waals surface area contributed by atoms with Gasteiger partial charge < -0.3 is 4.90 Å². The molecule has 3 fully saturated rings. The lowest BCUT2D eigenvalue weighted by atomic mass is 9.80. The highest BCUT2D eigenvalue weighted by Crippen LogP contribution is 2.60. The number of carbonyl (C=O) groups excluding carboxylic acids is 2. The van der Waals surface area contributed by atoms with Gasteiger partial charge in [0.05, 0.1) is 5.41 Å². The Kier molecular flexibility index (Phi) is 4.14. The van der Waals surface area contributed by atoms with E-state index in [1.165, 1.54) is 0 Å². The van der Waals surface area contributed by atoms with Gasteiger partial charge in [-0.2, -0.15) is 0 Å². The van der Waals surface area contributed by atoms with E-state index in [0.29, 0.717) is 24.2 Å². The van der Waals surface area contributed by atoms with Crippen molar-refractivity contribution in [3.8, 4) is 0 Å². The van der Waals surface area contributed by atoms with Crippen molar-refractivity contribution in [3.63, 3.8) is 0 Å². The molecule has 4 heteroatoms. The number of Topliss-reactive ketones (excluding diaryl/α,β-unsaturated/α-hetero) is 1. The number of ketones is 1. The molecule has 2 atom stereocenters. The van der Waals surface area contributed by atoms with Crippen LogP contribution in [0.1, 0.15) is 60.8 Å². The molecule has 2 aliphatic heterocycles. The van der Waals surface area contributed by atoms with Crippen LogP contribution in [-0.4, -0.2) is 53.2 Å². The molecule has 24 heavy (non-hydrogen) atoms. The van der Waals surface area contributed by atoms with Crippen LogP contribution in [0.4, 0.5) is 0 Å². The summed E-state index contributed by atoms with van der Waals surface area (Å²) in [5.74, 6) is 1.24. The van der Waals surface area contributed by atoms with Gasteiger partial charge in [-0.15, -0.1) is 0 Å². The predicted molar refractivity (Wildman–Crippen MR) is 95.6 cm³/mol. The molecule has 2 heterocycles. The first-order valence-corrected chi connectivity index (χ1v) is 9.54. The van der Waals surface area contributed by atoms with E-state index in [4.69, 9.17) is 0 Å². The molecule has 2 unspecified atom stereocenters. The van der Waals surface area contributed by atoms with Crippen LogP contribution < -0.4 is 0 Å². The number of rotatable bonds is 2. The molecule has 3 rings (SSSR count). The standard InChI is InChI=1S/C20H34N2O2/c1-18(2,3)17(24)20-11-15(20)12-21(13-20)16(23)14-7-9-22(10-8-14)19(4,5)6/h14-15H,7-13H2,1-6H3. The number of hydrogen-bond acceptors (Lipinski definition) is 3. The number of nitrogens with zero attached hydrogens (tertiary/aromatic N) is 2. The van der Waals surface area contributed by atoms with Crippen molar-refractivity contribution in [2.45, 2.75) is 66.3 Å². The number of hydrogen-bond donors (Lipinski definition) is 0. The highest BCUT2D eigenvalue weighted by molar-refractivity contribution is 5.94. The van der Waals surface area contributed by atoms with E-state index in [1.807, 2.05) is 25.7 Å². The summed E-state index contributed by atoms with van der Waals surface area (Å²) in [5.41, 5.74) is -0.321. The Morgan fingerprint density at radius 2 is 1.58 bits per heavy atom. The Bertz CT molecular complexity index is 535. The van der Waals surface area contributed by atoms with Gasteiger partial charge in [0.25, 0.3) is 0 Å². The lowest BCUT2D eigenvalue weighted by Gasteiger charge is -2.41. The monoisotopic (exact) mass is 334 g/mol. The first kappa shape index (κ1) is 17.9. The van der Waals surface area contributed by atoms with Crippen molar-refractivity contribution < 1.29 is 9.59 Å². The van der Waals surface area contributed by atoms with E-state index in [2.05, 4.69) is 25.7 Å². The third-order valence-electron chi connectivity index (χ3n) is 6.38. The summed E-state index contributed by atoms with van der Waals surface area (Å²) in [6.45, 7) is 16.2. The second-order valence-electron chi connectivity index (χ2n) is 10.3. The van der Waals surface area contributed by atoms with Gasteiger partial charge in [0.2, 0.25) is 5.91 Å². The van der Waals surface area contributed by atoms with Crippen LogP contribution in [0.25, 0.3) is 0 Å². The zero-order valence-electron chi connectivity index (χ0n) is 16.3. The minimum Gasteiger partial charge on any atom is -0.341 e. The molecule has 0 bridgehead atoms. The van der Waals surface area contributed by atoms with Crippen LogP contribution in [0.5, 0.6) is 0 Å². The molecule has 136 valence electrons. The van der Waals surface area contributed by atoms with Gasteiger partial charge in [-0.3, -0.25) is 14.5 Å². The maximum Gasteiger partial charge on any atom is 0.225 e. The highest BCUT2D eigenvalue weighted by Gasteiger charge is 2.66. The molecule has 4 nitrogen and oxygen atoms in total. The first-order valence-electron chi connectivity index (χ1n) is 9.54. The van der Waals surface area contributed by atoms with Gasteiger partial charge in [-0.05, 0) is 59.0 Å². The molecular formula is C20H34N2O2. The Morgan fingerprint density at radius 1 is 1.00 bits per heavy atom. The maximum absolute atomic E-state index is 12.9. The lowest BCUT2D eigenvalue weighted by molar-refractivity contribution is -0.138. The SMILES string of the molecule is CC(C)(C)C(=O)C12CC1CN(C(=O)C1CCN(C(C)(C)C)CC1)C2. The van der Waals surface area contributed by atoms with Gasteiger partial charge in [0, 0.05) is 30.0 Å². The van der Waals surface area contributed by atoms with E-state index < -0.39 is 0 Å². The van der Waals surface area contributed by atoms with E-state index >= 15 is 0 Å². The number of amides is 1. The van der Waals surface area contributed by atoms with Gasteiger partial charge in [0.1, 0.15) is 5.78 Å². The number of fused-ring (bicyclic) bond motifs is 1. The topological polar surface area (TPSA) is 40.6 Å². The van der Waals surface area contributed by atoms with Gasteiger partial charge >= 0.3 is 0 Å². The summed E-state index contributed by atoms with van der Waals surface area (Å²) in [6, 6.07) is 0. The second-order valence-corrected chi connectivity index (χ2v) is 10.3. The van der Waals surface area contributed by atoms with Crippen LogP contribution in [0.2, 0.25) is 0 Å². The van der Waals surface area contributed by atoms with E-state index in [-0.39, 0.29) is 22.3 Å². The molecule has 1 amide bonds. The van der Waals surface area contributed by atoms with Crippen molar-refractivity contribution in [2.75, 3.05) is 26.2 Å². The molecule has 0 aromatic carbocycles. The summed E-state index contributed by atoms with van der Waals surface area (Å²) in [6.07, 6.45) is 2.91. The largest absolute Gasteiger partial charge is 0.341 e. The molecule has 0 N–H and O–H groups in total. The maximum atomic E-state index is 12.9. The van der Waals surface area contributed by atoms with Crippen LogP contribution in [-0.2, 0) is 9.59 Å². The third kappa shape index (κ3) is 3.02. The van der Waals surface area contributed by atoms with E-state index in [9.17, 15) is 9.59 Å². The number of carbonyl (C=O) groups is 2. The highest BCUT2D eigenvalue weighted by atomic mass is 16.2. The van der Waals surface area contributed by atoms with Crippen LogP contribution in [0.15, 0.2) is 0 Å². The normalized spacial score (nSPS) is 31.9. The third-order valence-corrected chi connectivity index (χ3v) is 6.38. The molecule has 3 aliphatic rings. The van der Waals surface area contributed by atoms with Gasteiger partial charge in [-0.1, -0.05) is 20.8 Å². The van der Waals surface area contributed by atoms with E-state index in [1.54, 1.807) is 0 Å². The number of piperidine rings is 2.